The van der Waals surface area contributed by atoms with Crippen molar-refractivity contribution in [1.82, 2.24) is 14.9 Å². The van der Waals surface area contributed by atoms with E-state index >= 15 is 0 Å². The summed E-state index contributed by atoms with van der Waals surface area (Å²) in [6.45, 7) is 2.28. The molecule has 0 radical (unpaired) electrons. The Hall–Kier alpha value is -1.89. The van der Waals surface area contributed by atoms with E-state index in [-0.39, 0.29) is 12.0 Å². The molecule has 126 valence electrons. The minimum absolute atomic E-state index is 0.165. The standard InChI is InChI=1S/C16H25N5O2/c1-20(2)15-10-14(17-11-18-15)19-12-5-7-21(8-6-12)16(22)13-4-3-9-23-13/h10-13H,3-9H2,1-2H3,(H,17,18,19). The van der Waals surface area contributed by atoms with Crippen LogP contribution in [-0.2, 0) is 9.53 Å². The van der Waals surface area contributed by atoms with Crippen molar-refractivity contribution in [3.8, 4) is 0 Å². The molecule has 3 heterocycles. The summed E-state index contributed by atoms with van der Waals surface area (Å²) in [6, 6.07) is 2.29. The number of rotatable bonds is 4. The summed E-state index contributed by atoms with van der Waals surface area (Å²) in [6.07, 6.45) is 5.10. The normalized spacial score (nSPS) is 22.2. The lowest BCUT2D eigenvalue weighted by molar-refractivity contribution is -0.141. The third kappa shape index (κ3) is 3.90. The lowest BCUT2D eigenvalue weighted by Gasteiger charge is -2.33. The summed E-state index contributed by atoms with van der Waals surface area (Å²) in [5.41, 5.74) is 0. The van der Waals surface area contributed by atoms with Crippen LogP contribution in [0.25, 0.3) is 0 Å². The molecule has 7 heteroatoms. The average molecular weight is 319 g/mol. The van der Waals surface area contributed by atoms with E-state index in [2.05, 4.69) is 15.3 Å². The fraction of sp³-hybridized carbons (Fsp3) is 0.688. The number of nitrogens with zero attached hydrogens (tertiary/aromatic N) is 4. The SMILES string of the molecule is CN(C)c1cc(NC2CCN(C(=O)C3CCCO3)CC2)ncn1. The van der Waals surface area contributed by atoms with Crippen molar-refractivity contribution in [3.05, 3.63) is 12.4 Å². The number of hydrogen-bond acceptors (Lipinski definition) is 6. The highest BCUT2D eigenvalue weighted by Gasteiger charge is 2.30. The van der Waals surface area contributed by atoms with Crippen LogP contribution in [-0.4, -0.2) is 66.7 Å². The number of amides is 1. The van der Waals surface area contributed by atoms with Gasteiger partial charge in [-0.1, -0.05) is 0 Å². The summed E-state index contributed by atoms with van der Waals surface area (Å²) in [5.74, 6) is 1.89. The van der Waals surface area contributed by atoms with Crippen LogP contribution in [0.2, 0.25) is 0 Å². The van der Waals surface area contributed by atoms with Gasteiger partial charge in [0.15, 0.2) is 0 Å². The van der Waals surface area contributed by atoms with Crippen LogP contribution < -0.4 is 10.2 Å². The fourth-order valence-electron chi connectivity index (χ4n) is 3.10. The molecule has 1 aromatic heterocycles. The molecule has 0 bridgehead atoms. The first kappa shape index (κ1) is 16.0. The highest BCUT2D eigenvalue weighted by Crippen LogP contribution is 2.20. The third-order valence-electron chi connectivity index (χ3n) is 4.47. The largest absolute Gasteiger partial charge is 0.368 e. The van der Waals surface area contributed by atoms with Gasteiger partial charge in [0.25, 0.3) is 5.91 Å². The lowest BCUT2D eigenvalue weighted by atomic mass is 10.0. The number of hydrogen-bond donors (Lipinski definition) is 1. The van der Waals surface area contributed by atoms with Gasteiger partial charge < -0.3 is 19.9 Å². The van der Waals surface area contributed by atoms with Gasteiger partial charge in [-0.25, -0.2) is 9.97 Å². The van der Waals surface area contributed by atoms with Gasteiger partial charge in [0, 0.05) is 45.9 Å². The zero-order valence-corrected chi connectivity index (χ0v) is 13.9. The van der Waals surface area contributed by atoms with Crippen LogP contribution in [0.1, 0.15) is 25.7 Å². The first-order chi connectivity index (χ1) is 11.1. The zero-order chi connectivity index (χ0) is 16.2. The van der Waals surface area contributed by atoms with E-state index in [9.17, 15) is 4.79 Å². The molecule has 1 atom stereocenters. The van der Waals surface area contributed by atoms with Crippen LogP contribution in [0.5, 0.6) is 0 Å². The Morgan fingerprint density at radius 2 is 2.09 bits per heavy atom. The second-order valence-corrected chi connectivity index (χ2v) is 6.40. The Balaban J connectivity index is 1.51. The molecule has 2 saturated heterocycles. The van der Waals surface area contributed by atoms with Gasteiger partial charge in [-0.15, -0.1) is 0 Å². The number of nitrogens with one attached hydrogen (secondary N) is 1. The van der Waals surface area contributed by atoms with E-state index in [1.807, 2.05) is 30.0 Å². The highest BCUT2D eigenvalue weighted by atomic mass is 16.5. The van der Waals surface area contributed by atoms with Crippen LogP contribution in [0.15, 0.2) is 12.4 Å². The monoisotopic (exact) mass is 319 g/mol. The van der Waals surface area contributed by atoms with E-state index in [0.717, 1.165) is 57.0 Å². The van der Waals surface area contributed by atoms with Crippen molar-refractivity contribution in [2.45, 2.75) is 37.8 Å². The number of carbonyl (C=O) groups is 1. The molecule has 7 nitrogen and oxygen atoms in total. The zero-order valence-electron chi connectivity index (χ0n) is 13.9. The minimum Gasteiger partial charge on any atom is -0.368 e. The van der Waals surface area contributed by atoms with Crippen molar-refractivity contribution in [3.63, 3.8) is 0 Å². The van der Waals surface area contributed by atoms with E-state index in [1.54, 1.807) is 6.33 Å². The summed E-state index contributed by atoms with van der Waals surface area (Å²) < 4.78 is 5.50. The van der Waals surface area contributed by atoms with Crippen LogP contribution in [0.3, 0.4) is 0 Å². The third-order valence-corrected chi connectivity index (χ3v) is 4.47. The molecule has 1 amide bonds. The van der Waals surface area contributed by atoms with E-state index < -0.39 is 0 Å². The maximum absolute atomic E-state index is 12.3. The Bertz CT molecular complexity index is 537. The second kappa shape index (κ2) is 7.12. The minimum atomic E-state index is -0.205. The first-order valence-electron chi connectivity index (χ1n) is 8.30. The van der Waals surface area contributed by atoms with Gasteiger partial charge in [0.2, 0.25) is 0 Å². The number of piperidine rings is 1. The van der Waals surface area contributed by atoms with E-state index in [0.29, 0.717) is 6.04 Å². The molecule has 0 aromatic carbocycles. The number of carbonyl (C=O) groups excluding carboxylic acids is 1. The fourth-order valence-corrected chi connectivity index (χ4v) is 3.10. The smallest absolute Gasteiger partial charge is 0.251 e. The number of ether oxygens (including phenoxy) is 1. The van der Waals surface area contributed by atoms with Crippen molar-refractivity contribution in [2.24, 2.45) is 0 Å². The van der Waals surface area contributed by atoms with Crippen molar-refractivity contribution in [1.29, 1.82) is 0 Å². The van der Waals surface area contributed by atoms with Crippen molar-refractivity contribution < 1.29 is 9.53 Å². The molecule has 1 aromatic rings. The van der Waals surface area contributed by atoms with Gasteiger partial charge in [0.1, 0.15) is 24.1 Å². The predicted octanol–water partition coefficient (Wildman–Crippen LogP) is 1.12. The Labute approximate surface area is 137 Å². The molecular formula is C16H25N5O2. The summed E-state index contributed by atoms with van der Waals surface area (Å²) >= 11 is 0. The van der Waals surface area contributed by atoms with Gasteiger partial charge in [-0.2, -0.15) is 0 Å². The van der Waals surface area contributed by atoms with Gasteiger partial charge in [0.05, 0.1) is 0 Å². The molecule has 2 aliphatic heterocycles. The Kier molecular flexibility index (Phi) is 4.95. The summed E-state index contributed by atoms with van der Waals surface area (Å²) in [5, 5.41) is 3.46. The molecule has 23 heavy (non-hydrogen) atoms. The predicted molar refractivity (Wildman–Crippen MR) is 88.6 cm³/mol. The Morgan fingerprint density at radius 3 is 2.74 bits per heavy atom. The first-order valence-corrected chi connectivity index (χ1v) is 8.30. The van der Waals surface area contributed by atoms with Crippen LogP contribution in [0.4, 0.5) is 11.6 Å². The van der Waals surface area contributed by atoms with Gasteiger partial charge in [-0.3, -0.25) is 4.79 Å². The lowest BCUT2D eigenvalue weighted by Crippen LogP contribution is -2.46. The molecule has 0 spiro atoms. The summed E-state index contributed by atoms with van der Waals surface area (Å²) in [4.78, 5) is 24.7. The number of likely N-dealkylation sites (tertiary alicyclic amines) is 1. The van der Waals surface area contributed by atoms with Crippen molar-refractivity contribution in [2.75, 3.05) is 44.0 Å². The molecule has 2 fully saturated rings. The summed E-state index contributed by atoms with van der Waals surface area (Å²) in [7, 11) is 3.92. The molecule has 2 aliphatic rings. The van der Waals surface area contributed by atoms with Crippen LogP contribution in [0, 0.1) is 0 Å². The van der Waals surface area contributed by atoms with Gasteiger partial charge in [-0.05, 0) is 25.7 Å². The van der Waals surface area contributed by atoms with Crippen molar-refractivity contribution >= 4 is 17.5 Å². The molecule has 3 rings (SSSR count). The topological polar surface area (TPSA) is 70.6 Å². The quantitative estimate of drug-likeness (QED) is 0.897. The highest BCUT2D eigenvalue weighted by molar-refractivity contribution is 5.81. The number of anilines is 2. The van der Waals surface area contributed by atoms with Gasteiger partial charge >= 0.3 is 0 Å². The maximum atomic E-state index is 12.3. The maximum Gasteiger partial charge on any atom is 0.251 e. The molecule has 0 saturated carbocycles. The molecule has 1 unspecified atom stereocenters. The average Bonchev–Trinajstić information content (AvgIpc) is 3.09. The number of aromatic nitrogens is 2. The second-order valence-electron chi connectivity index (χ2n) is 6.40. The van der Waals surface area contributed by atoms with Crippen LogP contribution >= 0.6 is 0 Å². The molecular weight excluding hydrogens is 294 g/mol. The molecule has 0 aliphatic carbocycles. The van der Waals surface area contributed by atoms with E-state index in [4.69, 9.17) is 4.74 Å². The Morgan fingerprint density at radius 1 is 1.30 bits per heavy atom. The van der Waals surface area contributed by atoms with E-state index in [1.165, 1.54) is 0 Å². The molecule has 1 N–H and O–H groups in total.